The molecule has 0 aliphatic carbocycles. The van der Waals surface area contributed by atoms with Crippen molar-refractivity contribution in [1.82, 2.24) is 0 Å². The molecule has 0 fully saturated rings. The third kappa shape index (κ3) is 3.13. The molecule has 4 N–H and O–H groups in total. The van der Waals surface area contributed by atoms with Crippen LogP contribution in [-0.4, -0.2) is 13.1 Å². The molecule has 0 heterocycles. The largest absolute Gasteiger partial charge is 2.00 e. The van der Waals surface area contributed by atoms with Crippen LogP contribution in [-0.2, 0) is 21.1 Å². The van der Waals surface area contributed by atoms with Crippen LogP contribution in [0.2, 0.25) is 0 Å². The third-order valence-electron chi connectivity index (χ3n) is 2.37. The quantitative estimate of drug-likeness (QED) is 0.800. The van der Waals surface area contributed by atoms with Gasteiger partial charge in [-0.3, -0.25) is 0 Å². The Morgan fingerprint density at radius 1 is 1.00 bits per heavy atom. The van der Waals surface area contributed by atoms with Gasteiger partial charge < -0.3 is 11.5 Å². The molecule has 0 aliphatic rings. The van der Waals surface area contributed by atoms with Crippen LogP contribution in [0.5, 0.6) is 0 Å². The molecule has 3 heteroatoms. The minimum atomic E-state index is 0. The van der Waals surface area contributed by atoms with Gasteiger partial charge in [-0.1, -0.05) is 13.8 Å². The molecule has 0 unspecified atom stereocenters. The van der Waals surface area contributed by atoms with Gasteiger partial charge in [0, 0.05) is 0 Å². The summed E-state index contributed by atoms with van der Waals surface area (Å²) in [5, 5.41) is 0. The molecule has 0 aliphatic heterocycles. The maximum Gasteiger partial charge on any atom is 2.00 e. The van der Waals surface area contributed by atoms with Gasteiger partial charge in [-0.25, -0.2) is 0 Å². The van der Waals surface area contributed by atoms with Crippen LogP contribution in [0.3, 0.4) is 0 Å². The molecule has 2 nitrogen and oxygen atoms in total. The number of rotatable bonds is 4. The normalized spacial score (nSPS) is 10.8. The molecule has 0 aromatic rings. The van der Waals surface area contributed by atoms with E-state index in [1.807, 2.05) is 0 Å². The first-order valence-electron chi connectivity index (χ1n) is 3.64. The molecule has 0 saturated heterocycles. The Hall–Kier alpha value is 0.608. The summed E-state index contributed by atoms with van der Waals surface area (Å²) in [5.74, 6) is 0. The number of nitrogens with two attached hydrogens (primary N) is 2. The zero-order valence-electron chi connectivity index (χ0n) is 6.80. The fourth-order valence-corrected chi connectivity index (χ4v) is 0.911. The van der Waals surface area contributed by atoms with Crippen molar-refractivity contribution in [2.24, 2.45) is 16.9 Å². The molecule has 0 amide bonds. The summed E-state index contributed by atoms with van der Waals surface area (Å²) >= 11 is 0. The van der Waals surface area contributed by atoms with E-state index >= 15 is 0 Å². The van der Waals surface area contributed by atoms with E-state index < -0.39 is 0 Å². The second-order valence-electron chi connectivity index (χ2n) is 2.62. The van der Waals surface area contributed by atoms with Crippen molar-refractivity contribution in [2.75, 3.05) is 13.1 Å². The average molecular weight is 325 g/mol. The summed E-state index contributed by atoms with van der Waals surface area (Å²) in [7, 11) is 0. The van der Waals surface area contributed by atoms with E-state index in [-0.39, 0.29) is 26.5 Å². The Balaban J connectivity index is 0. The topological polar surface area (TPSA) is 52.0 Å². The van der Waals surface area contributed by atoms with Gasteiger partial charge in [0.25, 0.3) is 0 Å². The van der Waals surface area contributed by atoms with Crippen molar-refractivity contribution in [3.63, 3.8) is 0 Å². The Morgan fingerprint density at radius 2 is 1.30 bits per heavy atom. The van der Waals surface area contributed by atoms with Gasteiger partial charge in [0.2, 0.25) is 0 Å². The summed E-state index contributed by atoms with van der Waals surface area (Å²) in [6, 6.07) is 0. The zero-order valence-corrected chi connectivity index (χ0v) is 9.07. The maximum atomic E-state index is 5.56. The van der Waals surface area contributed by atoms with Crippen molar-refractivity contribution in [3.8, 4) is 0 Å². The fourth-order valence-electron chi connectivity index (χ4n) is 0.911. The molecule has 64 valence electrons. The Bertz CT molecular complexity index is 54.5. The van der Waals surface area contributed by atoms with Crippen molar-refractivity contribution < 1.29 is 21.1 Å². The van der Waals surface area contributed by atoms with Crippen LogP contribution < -0.4 is 11.5 Å². The molecular formula is C7H18N2Pt+2. The molecule has 0 aromatic carbocycles. The number of hydrogen-bond acceptors (Lipinski definition) is 2. The van der Waals surface area contributed by atoms with E-state index in [2.05, 4.69) is 13.8 Å². The summed E-state index contributed by atoms with van der Waals surface area (Å²) in [5.41, 5.74) is 11.3. The van der Waals surface area contributed by atoms with Crippen molar-refractivity contribution in [1.29, 1.82) is 0 Å². The molecule has 0 radical (unpaired) electrons. The minimum Gasteiger partial charge on any atom is -0.330 e. The first-order valence-corrected chi connectivity index (χ1v) is 3.64. The Kier molecular flexibility index (Phi) is 8.36. The van der Waals surface area contributed by atoms with Crippen LogP contribution in [0.15, 0.2) is 0 Å². The minimum absolute atomic E-state index is 0. The van der Waals surface area contributed by atoms with Gasteiger partial charge in [0.1, 0.15) is 0 Å². The van der Waals surface area contributed by atoms with Gasteiger partial charge in [-0.15, -0.1) is 0 Å². The van der Waals surface area contributed by atoms with Crippen LogP contribution in [0, 0.1) is 5.41 Å². The predicted octanol–water partition coefficient (Wildman–Crippen LogP) is 0.708. The first-order chi connectivity index (χ1) is 4.24. The zero-order chi connectivity index (χ0) is 7.33. The van der Waals surface area contributed by atoms with Gasteiger partial charge in [0.15, 0.2) is 0 Å². The molecule has 0 bridgehead atoms. The third-order valence-corrected chi connectivity index (χ3v) is 2.37. The van der Waals surface area contributed by atoms with Gasteiger partial charge >= 0.3 is 21.1 Å². The Morgan fingerprint density at radius 3 is 1.30 bits per heavy atom. The summed E-state index contributed by atoms with van der Waals surface area (Å²) in [6.45, 7) is 5.72. The smallest absolute Gasteiger partial charge is 0.330 e. The van der Waals surface area contributed by atoms with E-state index in [1.165, 1.54) is 0 Å². The Labute approximate surface area is 78.0 Å². The molecule has 0 spiro atoms. The second-order valence-corrected chi connectivity index (χ2v) is 2.62. The van der Waals surface area contributed by atoms with E-state index in [4.69, 9.17) is 11.5 Å². The van der Waals surface area contributed by atoms with E-state index in [9.17, 15) is 0 Å². The second kappa shape index (κ2) is 6.33. The predicted molar refractivity (Wildman–Crippen MR) is 41.1 cm³/mol. The maximum absolute atomic E-state index is 5.56. The molecule has 0 atom stereocenters. The molecule has 0 rings (SSSR count). The van der Waals surface area contributed by atoms with Gasteiger partial charge in [-0.05, 0) is 31.3 Å². The monoisotopic (exact) mass is 325 g/mol. The van der Waals surface area contributed by atoms with Crippen LogP contribution in [0.4, 0.5) is 0 Å². The van der Waals surface area contributed by atoms with E-state index in [0.29, 0.717) is 0 Å². The summed E-state index contributed by atoms with van der Waals surface area (Å²) in [4.78, 5) is 0. The van der Waals surface area contributed by atoms with E-state index in [0.717, 1.165) is 25.9 Å². The standard InChI is InChI=1S/C7H18N2.Pt/c1-3-7(4-2,5-8)6-9;/h3-6,8-9H2,1-2H3;/q;+2. The van der Waals surface area contributed by atoms with Crippen LogP contribution in [0.25, 0.3) is 0 Å². The molecule has 0 saturated carbocycles. The van der Waals surface area contributed by atoms with Crippen molar-refractivity contribution in [3.05, 3.63) is 0 Å². The summed E-state index contributed by atoms with van der Waals surface area (Å²) in [6.07, 6.45) is 2.19. The van der Waals surface area contributed by atoms with Crippen molar-refractivity contribution >= 4 is 0 Å². The summed E-state index contributed by atoms with van der Waals surface area (Å²) < 4.78 is 0. The molecule has 0 aromatic heterocycles. The molecule has 10 heavy (non-hydrogen) atoms. The van der Waals surface area contributed by atoms with E-state index in [1.54, 1.807) is 0 Å². The fraction of sp³-hybridized carbons (Fsp3) is 1.00. The molecular weight excluding hydrogens is 307 g/mol. The van der Waals surface area contributed by atoms with Gasteiger partial charge in [-0.2, -0.15) is 0 Å². The van der Waals surface area contributed by atoms with Crippen LogP contribution in [0.1, 0.15) is 26.7 Å². The average Bonchev–Trinajstić information content (AvgIpc) is 1.95. The van der Waals surface area contributed by atoms with Crippen molar-refractivity contribution in [2.45, 2.75) is 26.7 Å². The van der Waals surface area contributed by atoms with Crippen LogP contribution >= 0.6 is 0 Å². The van der Waals surface area contributed by atoms with Gasteiger partial charge in [0.05, 0.1) is 0 Å². The SMILES string of the molecule is CCC(CC)(CN)CN.[Pt+2]. The first kappa shape index (κ1) is 13.2. The number of hydrogen-bond donors (Lipinski definition) is 2.